The predicted molar refractivity (Wildman–Crippen MR) is 65.9 cm³/mol. The maximum atomic E-state index is 11.8. The lowest BCUT2D eigenvalue weighted by atomic mass is 10.1. The van der Waals surface area contributed by atoms with Crippen molar-refractivity contribution in [2.24, 2.45) is 4.99 Å². The fourth-order valence-corrected chi connectivity index (χ4v) is 1.87. The lowest BCUT2D eigenvalue weighted by Gasteiger charge is -2.17. The van der Waals surface area contributed by atoms with Gasteiger partial charge >= 0.3 is 5.97 Å². The van der Waals surface area contributed by atoms with Crippen molar-refractivity contribution in [3.63, 3.8) is 0 Å². The smallest absolute Gasteiger partial charge is 0.333 e. The van der Waals surface area contributed by atoms with Crippen LogP contribution in [0.3, 0.4) is 0 Å². The molecule has 0 saturated carbocycles. The van der Waals surface area contributed by atoms with E-state index >= 15 is 0 Å². The van der Waals surface area contributed by atoms with Crippen molar-refractivity contribution in [1.82, 2.24) is 5.32 Å². The zero-order valence-corrected chi connectivity index (χ0v) is 9.85. The molecule has 1 heterocycles. The van der Waals surface area contributed by atoms with Gasteiger partial charge in [-0.3, -0.25) is 4.99 Å². The lowest BCUT2D eigenvalue weighted by molar-refractivity contribution is -0.142. The van der Waals surface area contributed by atoms with Gasteiger partial charge in [0.25, 0.3) is 0 Å². The number of benzene rings is 1. The summed E-state index contributed by atoms with van der Waals surface area (Å²) in [6.45, 7) is 0.838. The van der Waals surface area contributed by atoms with Crippen LogP contribution in [0, 0.1) is 0 Å². The Morgan fingerprint density at radius 2 is 2.18 bits per heavy atom. The number of carbonyl (C=O) groups is 1. The molecule has 1 atom stereocenters. The van der Waals surface area contributed by atoms with Gasteiger partial charge in [-0.05, 0) is 12.0 Å². The molecule has 1 aliphatic rings. The number of hydrogen-bond acceptors (Lipinski definition) is 4. The number of aliphatic imine (C=N–C) groups is 1. The fourth-order valence-electron chi connectivity index (χ4n) is 1.87. The molecule has 4 nitrogen and oxygen atoms in total. The van der Waals surface area contributed by atoms with Crippen molar-refractivity contribution in [2.45, 2.75) is 18.9 Å². The Balaban J connectivity index is 2.16. The van der Waals surface area contributed by atoms with Crippen molar-refractivity contribution in [3.05, 3.63) is 35.9 Å². The molecule has 0 radical (unpaired) electrons. The average molecular weight is 232 g/mol. The monoisotopic (exact) mass is 232 g/mol. The lowest BCUT2D eigenvalue weighted by Crippen LogP contribution is -2.33. The summed E-state index contributed by atoms with van der Waals surface area (Å²) in [7, 11) is 1.40. The molecule has 0 spiro atoms. The third kappa shape index (κ3) is 2.84. The second kappa shape index (κ2) is 5.48. The van der Waals surface area contributed by atoms with E-state index < -0.39 is 6.04 Å². The number of ether oxygens (including phenoxy) is 1. The van der Waals surface area contributed by atoms with E-state index in [0.717, 1.165) is 30.8 Å². The van der Waals surface area contributed by atoms with Crippen LogP contribution in [0.1, 0.15) is 24.4 Å². The number of esters is 1. The van der Waals surface area contributed by atoms with Crippen molar-refractivity contribution in [3.8, 4) is 0 Å². The number of methoxy groups -OCH3 is 1. The van der Waals surface area contributed by atoms with Gasteiger partial charge in [-0.15, -0.1) is 0 Å². The first-order valence-corrected chi connectivity index (χ1v) is 5.74. The highest BCUT2D eigenvalue weighted by Gasteiger charge is 2.23. The van der Waals surface area contributed by atoms with Gasteiger partial charge in [0.15, 0.2) is 6.04 Å². The Hall–Kier alpha value is -1.84. The summed E-state index contributed by atoms with van der Waals surface area (Å²) < 4.78 is 4.82. The van der Waals surface area contributed by atoms with Crippen molar-refractivity contribution < 1.29 is 9.53 Å². The SMILES string of the molecule is COC(=O)C(NC1=NCCC1)c1ccccc1. The Bertz CT molecular complexity index is 415. The highest BCUT2D eigenvalue weighted by molar-refractivity contribution is 5.89. The zero-order chi connectivity index (χ0) is 12.1. The van der Waals surface area contributed by atoms with Crippen molar-refractivity contribution >= 4 is 11.8 Å². The second-order valence-corrected chi connectivity index (χ2v) is 3.94. The Labute approximate surface area is 101 Å². The van der Waals surface area contributed by atoms with Crippen LogP contribution < -0.4 is 5.32 Å². The average Bonchev–Trinajstić information content (AvgIpc) is 2.89. The van der Waals surface area contributed by atoms with Gasteiger partial charge in [0.05, 0.1) is 12.9 Å². The number of amidine groups is 1. The third-order valence-corrected chi connectivity index (χ3v) is 2.76. The molecule has 4 heteroatoms. The predicted octanol–water partition coefficient (Wildman–Crippen LogP) is 1.68. The number of nitrogens with one attached hydrogen (secondary N) is 1. The van der Waals surface area contributed by atoms with Crippen molar-refractivity contribution in [1.29, 1.82) is 0 Å². The maximum absolute atomic E-state index is 11.8. The van der Waals surface area contributed by atoms with Crippen LogP contribution in [0.2, 0.25) is 0 Å². The van der Waals surface area contributed by atoms with E-state index in [2.05, 4.69) is 10.3 Å². The fraction of sp³-hybridized carbons (Fsp3) is 0.385. The summed E-state index contributed by atoms with van der Waals surface area (Å²) in [6, 6.07) is 9.09. The summed E-state index contributed by atoms with van der Waals surface area (Å²) in [6.07, 6.45) is 1.95. The molecule has 1 aromatic rings. The van der Waals surface area contributed by atoms with E-state index in [9.17, 15) is 4.79 Å². The van der Waals surface area contributed by atoms with Gasteiger partial charge in [0.1, 0.15) is 0 Å². The van der Waals surface area contributed by atoms with Crippen LogP contribution in [0.4, 0.5) is 0 Å². The van der Waals surface area contributed by atoms with E-state index in [4.69, 9.17) is 4.74 Å². The molecule has 0 aromatic heterocycles. The molecular weight excluding hydrogens is 216 g/mol. The summed E-state index contributed by atoms with van der Waals surface area (Å²) in [5.41, 5.74) is 0.897. The molecule has 90 valence electrons. The van der Waals surface area contributed by atoms with Crippen molar-refractivity contribution in [2.75, 3.05) is 13.7 Å². The molecule has 0 aliphatic carbocycles. The first-order valence-electron chi connectivity index (χ1n) is 5.74. The molecule has 0 saturated heterocycles. The number of carbonyl (C=O) groups excluding carboxylic acids is 1. The summed E-state index contributed by atoms with van der Waals surface area (Å²) >= 11 is 0. The maximum Gasteiger partial charge on any atom is 0.333 e. The van der Waals surface area contributed by atoms with E-state index in [-0.39, 0.29) is 5.97 Å². The normalized spacial score (nSPS) is 16.2. The minimum atomic E-state index is -0.460. The number of rotatable bonds is 3. The van der Waals surface area contributed by atoms with Gasteiger partial charge in [0, 0.05) is 13.0 Å². The van der Waals surface area contributed by atoms with Gasteiger partial charge in [-0.2, -0.15) is 0 Å². The minimum absolute atomic E-state index is 0.286. The first-order chi connectivity index (χ1) is 8.31. The quantitative estimate of drug-likeness (QED) is 0.807. The van der Waals surface area contributed by atoms with E-state index in [1.807, 2.05) is 30.3 Å². The highest BCUT2D eigenvalue weighted by Crippen LogP contribution is 2.16. The van der Waals surface area contributed by atoms with E-state index in [1.165, 1.54) is 7.11 Å². The van der Waals surface area contributed by atoms with Crippen LogP contribution in [-0.4, -0.2) is 25.5 Å². The molecule has 1 aromatic carbocycles. The topological polar surface area (TPSA) is 50.7 Å². The molecule has 0 amide bonds. The third-order valence-electron chi connectivity index (χ3n) is 2.76. The largest absolute Gasteiger partial charge is 0.467 e. The number of hydrogen-bond donors (Lipinski definition) is 1. The number of nitrogens with zero attached hydrogens (tertiary/aromatic N) is 1. The van der Waals surface area contributed by atoms with Crippen LogP contribution in [0.25, 0.3) is 0 Å². The van der Waals surface area contributed by atoms with E-state index in [1.54, 1.807) is 0 Å². The minimum Gasteiger partial charge on any atom is -0.467 e. The summed E-state index contributed by atoms with van der Waals surface area (Å²) in [5.74, 6) is 0.607. The Morgan fingerprint density at radius 3 is 2.76 bits per heavy atom. The van der Waals surface area contributed by atoms with Gasteiger partial charge in [0.2, 0.25) is 0 Å². The molecular formula is C13H16N2O2. The summed E-state index contributed by atoms with van der Waals surface area (Å²) in [5, 5.41) is 3.16. The molecule has 0 fully saturated rings. The van der Waals surface area contributed by atoms with Gasteiger partial charge < -0.3 is 10.1 Å². The van der Waals surface area contributed by atoms with Crippen LogP contribution in [0.5, 0.6) is 0 Å². The highest BCUT2D eigenvalue weighted by atomic mass is 16.5. The van der Waals surface area contributed by atoms with Crippen LogP contribution >= 0.6 is 0 Å². The molecule has 1 N–H and O–H groups in total. The second-order valence-electron chi connectivity index (χ2n) is 3.94. The van der Waals surface area contributed by atoms with E-state index in [0.29, 0.717) is 0 Å². The molecule has 2 rings (SSSR count). The van der Waals surface area contributed by atoms with Crippen LogP contribution in [0.15, 0.2) is 35.3 Å². The van der Waals surface area contributed by atoms with Gasteiger partial charge in [-0.25, -0.2) is 4.79 Å². The first kappa shape index (κ1) is 11.6. The van der Waals surface area contributed by atoms with Crippen LogP contribution in [-0.2, 0) is 9.53 Å². The molecule has 0 bridgehead atoms. The Kier molecular flexibility index (Phi) is 3.75. The Morgan fingerprint density at radius 1 is 1.41 bits per heavy atom. The summed E-state index contributed by atoms with van der Waals surface area (Å²) in [4.78, 5) is 16.1. The molecule has 1 unspecified atom stereocenters. The molecule has 17 heavy (non-hydrogen) atoms. The van der Waals surface area contributed by atoms with Gasteiger partial charge in [-0.1, -0.05) is 30.3 Å². The standard InChI is InChI=1S/C13H16N2O2/c1-17-13(16)12(10-6-3-2-4-7-10)15-11-8-5-9-14-11/h2-4,6-7,12H,5,8-9H2,1H3,(H,14,15). The zero-order valence-electron chi connectivity index (χ0n) is 9.85. The molecule has 1 aliphatic heterocycles.